The number of nitrogens with zero attached hydrogens (tertiary/aromatic N) is 3. The first-order valence-corrected chi connectivity index (χ1v) is 4.50. The van der Waals surface area contributed by atoms with Crippen LogP contribution in [0.4, 0.5) is 0 Å². The quantitative estimate of drug-likeness (QED) is 0.440. The summed E-state index contributed by atoms with van der Waals surface area (Å²) in [7, 11) is 0. The van der Waals surface area contributed by atoms with E-state index in [2.05, 4.69) is 16.7 Å². The molecular formula is C10H6ClN3O. The van der Waals surface area contributed by atoms with Gasteiger partial charge in [-0.2, -0.15) is 5.10 Å². The molecule has 0 aromatic carbocycles. The van der Waals surface area contributed by atoms with Crippen molar-refractivity contribution in [3.05, 3.63) is 41.8 Å². The van der Waals surface area contributed by atoms with Gasteiger partial charge in [-0.3, -0.25) is 0 Å². The second-order valence-electron chi connectivity index (χ2n) is 2.86. The third-order valence-electron chi connectivity index (χ3n) is 1.91. The van der Waals surface area contributed by atoms with Crippen LogP contribution in [0, 0.1) is 0 Å². The lowest BCUT2D eigenvalue weighted by Gasteiger charge is -1.96. The maximum Gasteiger partial charge on any atom is 0.164 e. The van der Waals surface area contributed by atoms with E-state index in [4.69, 9.17) is 11.6 Å². The Bertz CT molecular complexity index is 581. The second-order valence-corrected chi connectivity index (χ2v) is 3.25. The monoisotopic (exact) mass is 219 g/mol. The minimum atomic E-state index is 0.368. The zero-order valence-electron chi connectivity index (χ0n) is 7.64. The highest BCUT2D eigenvalue weighted by atomic mass is 35.5. The Morgan fingerprint density at radius 3 is 3.20 bits per heavy atom. The number of halogens is 1. The summed E-state index contributed by atoms with van der Waals surface area (Å²) in [5.74, 6) is 1.66. The first-order valence-electron chi connectivity index (χ1n) is 4.12. The summed E-state index contributed by atoms with van der Waals surface area (Å²) < 4.78 is 1.56. The summed E-state index contributed by atoms with van der Waals surface area (Å²) in [6, 6.07) is 1.63. The van der Waals surface area contributed by atoms with Gasteiger partial charge in [0.2, 0.25) is 0 Å². The van der Waals surface area contributed by atoms with Gasteiger partial charge >= 0.3 is 0 Å². The lowest BCUT2D eigenvalue weighted by molar-refractivity contribution is 0.569. The molecule has 0 saturated heterocycles. The van der Waals surface area contributed by atoms with Crippen LogP contribution in [0.1, 0.15) is 5.56 Å². The number of hydrogen-bond donors (Lipinski definition) is 0. The molecule has 0 aliphatic carbocycles. The molecule has 4 nitrogen and oxygen atoms in total. The number of allylic oxidation sites excluding steroid dienone is 2. The van der Waals surface area contributed by atoms with Crippen molar-refractivity contribution in [2.75, 3.05) is 0 Å². The number of hydrogen-bond acceptors (Lipinski definition) is 3. The molecule has 2 aromatic rings. The highest BCUT2D eigenvalue weighted by Crippen LogP contribution is 2.18. The Kier molecular flexibility index (Phi) is 2.37. The molecule has 0 bridgehead atoms. The molecule has 0 fully saturated rings. The van der Waals surface area contributed by atoms with Crippen molar-refractivity contribution < 1.29 is 4.79 Å². The summed E-state index contributed by atoms with van der Waals surface area (Å²) in [5, 5.41) is 4.42. The molecule has 74 valence electrons. The first kappa shape index (κ1) is 9.65. The van der Waals surface area contributed by atoms with E-state index in [-0.39, 0.29) is 0 Å². The number of carbonyl (C=O) groups excluding carboxylic acids is 1. The van der Waals surface area contributed by atoms with Crippen LogP contribution in [-0.4, -0.2) is 20.5 Å². The Balaban J connectivity index is 2.66. The van der Waals surface area contributed by atoms with Crippen molar-refractivity contribution >= 4 is 28.8 Å². The maximum absolute atomic E-state index is 10.2. The van der Waals surface area contributed by atoms with Crippen LogP contribution in [0.2, 0.25) is 5.15 Å². The molecule has 0 saturated carbocycles. The molecule has 2 rings (SSSR count). The Morgan fingerprint density at radius 2 is 2.47 bits per heavy atom. The Labute approximate surface area is 90.5 Å². The lowest BCUT2D eigenvalue weighted by atomic mass is 10.1. The van der Waals surface area contributed by atoms with Crippen molar-refractivity contribution in [3.63, 3.8) is 0 Å². The smallest absolute Gasteiger partial charge is 0.164 e. The van der Waals surface area contributed by atoms with E-state index in [1.54, 1.807) is 28.9 Å². The molecule has 0 aliphatic rings. The van der Waals surface area contributed by atoms with E-state index in [9.17, 15) is 4.79 Å². The van der Waals surface area contributed by atoms with Crippen LogP contribution in [0.5, 0.6) is 0 Å². The van der Waals surface area contributed by atoms with Crippen LogP contribution >= 0.6 is 11.6 Å². The van der Waals surface area contributed by atoms with Crippen molar-refractivity contribution in [2.24, 2.45) is 0 Å². The van der Waals surface area contributed by atoms with Gasteiger partial charge in [-0.15, -0.1) is 0 Å². The average molecular weight is 220 g/mol. The van der Waals surface area contributed by atoms with Crippen LogP contribution in [0.15, 0.2) is 31.1 Å². The maximum atomic E-state index is 10.2. The van der Waals surface area contributed by atoms with Crippen molar-refractivity contribution in [1.82, 2.24) is 14.6 Å². The van der Waals surface area contributed by atoms with E-state index in [1.165, 1.54) is 6.08 Å². The predicted molar refractivity (Wildman–Crippen MR) is 57.3 cm³/mol. The molecule has 0 atom stereocenters. The standard InChI is InChI=1S/C10H6ClN3O/c1-7(3-5-15)8-6-12-14-4-2-9(11)13-10(8)14/h2-4,6H,1H2. The number of fused-ring (bicyclic) bond motifs is 1. The van der Waals surface area contributed by atoms with Gasteiger partial charge < -0.3 is 0 Å². The topological polar surface area (TPSA) is 47.3 Å². The van der Waals surface area contributed by atoms with Gasteiger partial charge in [-0.05, 0) is 11.6 Å². The van der Waals surface area contributed by atoms with Gasteiger partial charge in [0.1, 0.15) is 11.1 Å². The Morgan fingerprint density at radius 1 is 1.67 bits per heavy atom. The molecular weight excluding hydrogens is 214 g/mol. The molecule has 0 spiro atoms. The summed E-state index contributed by atoms with van der Waals surface area (Å²) >= 11 is 5.76. The SMILES string of the molecule is C=C(C=C=O)c1cnn2ccc(Cl)nc12. The lowest BCUT2D eigenvalue weighted by Crippen LogP contribution is -1.90. The molecule has 0 aliphatic heterocycles. The van der Waals surface area contributed by atoms with Crippen LogP contribution in [0.3, 0.4) is 0 Å². The van der Waals surface area contributed by atoms with Gasteiger partial charge in [-0.25, -0.2) is 14.3 Å². The first-order chi connectivity index (χ1) is 7.22. The summed E-state index contributed by atoms with van der Waals surface area (Å²) in [6.45, 7) is 3.71. The van der Waals surface area contributed by atoms with Crippen LogP contribution in [-0.2, 0) is 4.79 Å². The van der Waals surface area contributed by atoms with Crippen molar-refractivity contribution in [3.8, 4) is 0 Å². The summed E-state index contributed by atoms with van der Waals surface area (Å²) in [4.78, 5) is 14.3. The van der Waals surface area contributed by atoms with Gasteiger partial charge in [0.05, 0.1) is 6.20 Å². The molecule has 0 unspecified atom stereocenters. The van der Waals surface area contributed by atoms with E-state index in [0.29, 0.717) is 21.9 Å². The Hall–Kier alpha value is -1.90. The molecule has 2 heterocycles. The molecule has 2 aromatic heterocycles. The third-order valence-corrected chi connectivity index (χ3v) is 2.12. The number of aromatic nitrogens is 3. The molecule has 0 radical (unpaired) electrons. The van der Waals surface area contributed by atoms with Crippen molar-refractivity contribution in [1.29, 1.82) is 0 Å². The summed E-state index contributed by atoms with van der Waals surface area (Å²) in [5.41, 5.74) is 1.75. The zero-order valence-corrected chi connectivity index (χ0v) is 8.40. The normalized spacial score (nSPS) is 9.93. The van der Waals surface area contributed by atoms with Gasteiger partial charge in [0.15, 0.2) is 5.65 Å². The van der Waals surface area contributed by atoms with Gasteiger partial charge in [-0.1, -0.05) is 18.2 Å². The van der Waals surface area contributed by atoms with Crippen molar-refractivity contribution in [2.45, 2.75) is 0 Å². The minimum absolute atomic E-state index is 0.368. The largest absolute Gasteiger partial charge is 0.233 e. The van der Waals surface area contributed by atoms with E-state index < -0.39 is 0 Å². The fourth-order valence-electron chi connectivity index (χ4n) is 1.22. The van der Waals surface area contributed by atoms with Gasteiger partial charge in [0.25, 0.3) is 0 Å². The number of rotatable bonds is 2. The summed E-state index contributed by atoms with van der Waals surface area (Å²) in [6.07, 6.45) is 4.50. The third kappa shape index (κ3) is 1.68. The van der Waals surface area contributed by atoms with Crippen LogP contribution < -0.4 is 0 Å². The fourth-order valence-corrected chi connectivity index (χ4v) is 1.36. The molecule has 15 heavy (non-hydrogen) atoms. The van der Waals surface area contributed by atoms with E-state index >= 15 is 0 Å². The molecule has 0 amide bonds. The second kappa shape index (κ2) is 3.69. The van der Waals surface area contributed by atoms with E-state index in [0.717, 1.165) is 0 Å². The van der Waals surface area contributed by atoms with Gasteiger partial charge in [0, 0.05) is 17.8 Å². The molecule has 5 heteroatoms. The minimum Gasteiger partial charge on any atom is -0.233 e. The highest BCUT2D eigenvalue weighted by Gasteiger charge is 2.07. The van der Waals surface area contributed by atoms with E-state index in [1.807, 2.05) is 0 Å². The predicted octanol–water partition coefficient (Wildman–Crippen LogP) is 1.78. The highest BCUT2D eigenvalue weighted by molar-refractivity contribution is 6.29. The average Bonchev–Trinajstić information content (AvgIpc) is 2.60. The fraction of sp³-hybridized carbons (Fsp3) is 0. The molecule has 0 N–H and O–H groups in total. The van der Waals surface area contributed by atoms with Crippen LogP contribution in [0.25, 0.3) is 11.2 Å². The zero-order chi connectivity index (χ0) is 10.8.